The molecule has 1 aromatic heterocycles. The van der Waals surface area contributed by atoms with Crippen LogP contribution in [0, 0.1) is 0 Å². The van der Waals surface area contributed by atoms with Crippen molar-refractivity contribution in [1.29, 1.82) is 0 Å². The van der Waals surface area contributed by atoms with Gasteiger partial charge in [0.1, 0.15) is 12.3 Å². The summed E-state index contributed by atoms with van der Waals surface area (Å²) in [7, 11) is -4.08. The molecule has 1 heterocycles. The lowest BCUT2D eigenvalue weighted by molar-refractivity contribution is -0.693. The zero-order valence-corrected chi connectivity index (χ0v) is 12.2. The Morgan fingerprint density at radius 1 is 1.16 bits per heavy atom. The van der Waals surface area contributed by atoms with E-state index < -0.39 is 10.1 Å². The second kappa shape index (κ2) is 9.63. The maximum Gasteiger partial charge on any atom is 0.168 e. The van der Waals surface area contributed by atoms with Crippen molar-refractivity contribution in [3.8, 4) is 0 Å². The SMILES string of the molecule is CC(=O)CCCCS(=O)(=O)[O-].CC[n+]1ccccc1. The standard InChI is InChI=1S/C7H10N.C6H12O4S/c1-2-8-6-4-3-5-7-8;1-6(7)4-2-3-5-11(8,9)10/h3-7H,2H2,1H3;2-5H2,1H3,(H,8,9,10)/q+1;/p-1. The third kappa shape index (κ3) is 13.0. The van der Waals surface area contributed by atoms with Crippen LogP contribution in [0.4, 0.5) is 0 Å². The van der Waals surface area contributed by atoms with Crippen molar-refractivity contribution in [2.24, 2.45) is 0 Å². The number of nitrogens with zero attached hydrogens (tertiary/aromatic N) is 1. The summed E-state index contributed by atoms with van der Waals surface area (Å²) in [4.78, 5) is 10.3. The predicted octanol–water partition coefficient (Wildman–Crippen LogP) is 1.28. The van der Waals surface area contributed by atoms with E-state index in [1.54, 1.807) is 0 Å². The predicted molar refractivity (Wildman–Crippen MR) is 71.4 cm³/mol. The van der Waals surface area contributed by atoms with E-state index in [-0.39, 0.29) is 18.0 Å². The average molecular weight is 287 g/mol. The molecule has 0 aromatic carbocycles. The molecule has 0 radical (unpaired) electrons. The fourth-order valence-corrected chi connectivity index (χ4v) is 1.86. The Bertz CT molecular complexity index is 457. The maximum absolute atomic E-state index is 10.3. The van der Waals surface area contributed by atoms with Gasteiger partial charge in [0.25, 0.3) is 0 Å². The minimum absolute atomic E-state index is 0.0216. The van der Waals surface area contributed by atoms with E-state index in [0.717, 1.165) is 6.54 Å². The number of carbonyl (C=O) groups is 1. The minimum Gasteiger partial charge on any atom is -0.748 e. The van der Waals surface area contributed by atoms with Crippen molar-refractivity contribution >= 4 is 15.9 Å². The van der Waals surface area contributed by atoms with Gasteiger partial charge in [-0.25, -0.2) is 13.0 Å². The molecule has 1 aromatic rings. The summed E-state index contributed by atoms with van der Waals surface area (Å²) in [5.74, 6) is -0.339. The van der Waals surface area contributed by atoms with Crippen LogP contribution < -0.4 is 4.57 Å². The summed E-state index contributed by atoms with van der Waals surface area (Å²) >= 11 is 0. The van der Waals surface area contributed by atoms with E-state index >= 15 is 0 Å². The summed E-state index contributed by atoms with van der Waals surface area (Å²) in [5, 5.41) is 0. The van der Waals surface area contributed by atoms with E-state index in [4.69, 9.17) is 0 Å². The largest absolute Gasteiger partial charge is 0.748 e. The zero-order valence-electron chi connectivity index (χ0n) is 11.4. The molecule has 0 saturated heterocycles. The van der Waals surface area contributed by atoms with Crippen LogP contribution >= 0.6 is 0 Å². The summed E-state index contributed by atoms with van der Waals surface area (Å²) in [6.07, 6.45) is 5.23. The molecule has 0 atom stereocenters. The normalized spacial score (nSPS) is 10.5. The molecule has 6 heteroatoms. The molecule has 0 fully saturated rings. The van der Waals surface area contributed by atoms with Gasteiger partial charge in [-0.1, -0.05) is 6.07 Å². The molecule has 0 spiro atoms. The lowest BCUT2D eigenvalue weighted by Crippen LogP contribution is -2.30. The fraction of sp³-hybridized carbons (Fsp3) is 0.538. The number of hydrogen-bond acceptors (Lipinski definition) is 4. The van der Waals surface area contributed by atoms with Crippen LogP contribution in [-0.2, 0) is 21.5 Å². The van der Waals surface area contributed by atoms with Crippen molar-refractivity contribution in [3.63, 3.8) is 0 Å². The van der Waals surface area contributed by atoms with Gasteiger partial charge in [-0.15, -0.1) is 0 Å². The van der Waals surface area contributed by atoms with E-state index in [0.29, 0.717) is 12.8 Å². The van der Waals surface area contributed by atoms with Gasteiger partial charge in [-0.2, -0.15) is 0 Å². The molecule has 19 heavy (non-hydrogen) atoms. The molecule has 0 bridgehead atoms. The quantitative estimate of drug-likeness (QED) is 0.448. The summed E-state index contributed by atoms with van der Waals surface area (Å²) < 4.78 is 32.2. The molecule has 0 unspecified atom stereocenters. The van der Waals surface area contributed by atoms with Gasteiger partial charge in [0, 0.05) is 24.3 Å². The summed E-state index contributed by atoms with van der Waals surface area (Å²) in [6.45, 7) is 4.62. The number of aryl methyl sites for hydroxylation is 1. The van der Waals surface area contributed by atoms with E-state index in [2.05, 4.69) is 23.9 Å². The average Bonchev–Trinajstić information content (AvgIpc) is 2.35. The van der Waals surface area contributed by atoms with Crippen molar-refractivity contribution in [3.05, 3.63) is 30.6 Å². The summed E-state index contributed by atoms with van der Waals surface area (Å²) in [6, 6.07) is 6.08. The van der Waals surface area contributed by atoms with Crippen LogP contribution in [0.3, 0.4) is 0 Å². The molecule has 0 aliphatic rings. The molecule has 0 saturated carbocycles. The van der Waals surface area contributed by atoms with Crippen LogP contribution in [0.15, 0.2) is 30.6 Å². The Morgan fingerprint density at radius 3 is 2.11 bits per heavy atom. The van der Waals surface area contributed by atoms with Gasteiger partial charge in [0.2, 0.25) is 0 Å². The number of rotatable bonds is 6. The highest BCUT2D eigenvalue weighted by atomic mass is 32.2. The van der Waals surface area contributed by atoms with Gasteiger partial charge >= 0.3 is 0 Å². The first-order valence-electron chi connectivity index (χ1n) is 6.22. The number of Topliss-reactive ketones (excluding diaryl/α,β-unsaturated/α-hetero) is 1. The lowest BCUT2D eigenvalue weighted by Gasteiger charge is -2.04. The van der Waals surface area contributed by atoms with Crippen molar-refractivity contribution in [1.82, 2.24) is 0 Å². The molecule has 0 aliphatic heterocycles. The van der Waals surface area contributed by atoms with Gasteiger partial charge in [-0.3, -0.25) is 0 Å². The third-order valence-electron chi connectivity index (χ3n) is 2.32. The Hall–Kier alpha value is -1.27. The highest BCUT2D eigenvalue weighted by Gasteiger charge is 1.97. The van der Waals surface area contributed by atoms with Crippen molar-refractivity contribution in [2.45, 2.75) is 39.7 Å². The van der Waals surface area contributed by atoms with E-state index in [1.165, 1.54) is 6.92 Å². The first-order valence-corrected chi connectivity index (χ1v) is 7.80. The molecule has 0 N–H and O–H groups in total. The maximum atomic E-state index is 10.3. The molecule has 1 rings (SSSR count). The van der Waals surface area contributed by atoms with Crippen LogP contribution in [0.1, 0.15) is 33.1 Å². The Morgan fingerprint density at radius 2 is 1.74 bits per heavy atom. The molecular formula is C13H21NO4S. The van der Waals surface area contributed by atoms with E-state index in [9.17, 15) is 17.8 Å². The minimum atomic E-state index is -4.08. The smallest absolute Gasteiger partial charge is 0.168 e. The monoisotopic (exact) mass is 287 g/mol. The number of aromatic nitrogens is 1. The Labute approximate surface area is 115 Å². The Kier molecular flexibility index (Phi) is 8.99. The van der Waals surface area contributed by atoms with Crippen LogP contribution in [0.2, 0.25) is 0 Å². The summed E-state index contributed by atoms with van der Waals surface area (Å²) in [5.41, 5.74) is 0. The van der Waals surface area contributed by atoms with Gasteiger partial charge in [-0.05, 0) is 26.7 Å². The van der Waals surface area contributed by atoms with Crippen LogP contribution in [0.25, 0.3) is 0 Å². The third-order valence-corrected chi connectivity index (χ3v) is 3.10. The van der Waals surface area contributed by atoms with Crippen LogP contribution in [-0.4, -0.2) is 24.5 Å². The van der Waals surface area contributed by atoms with Gasteiger partial charge in [0.15, 0.2) is 12.4 Å². The molecule has 5 nitrogen and oxygen atoms in total. The molecule has 0 amide bonds. The second-order valence-corrected chi connectivity index (χ2v) is 5.65. The van der Waals surface area contributed by atoms with Crippen LogP contribution in [0.5, 0.6) is 0 Å². The Balaban J connectivity index is 0.000000356. The molecule has 108 valence electrons. The fourth-order valence-electron chi connectivity index (χ4n) is 1.30. The number of pyridine rings is 1. The topological polar surface area (TPSA) is 78.1 Å². The lowest BCUT2D eigenvalue weighted by atomic mass is 10.2. The first-order chi connectivity index (χ1) is 8.85. The molecule has 0 aliphatic carbocycles. The molecular weight excluding hydrogens is 266 g/mol. The second-order valence-electron chi connectivity index (χ2n) is 4.13. The first kappa shape index (κ1) is 17.7. The number of hydrogen-bond donors (Lipinski definition) is 0. The van der Waals surface area contributed by atoms with Crippen molar-refractivity contribution in [2.75, 3.05) is 5.75 Å². The highest BCUT2D eigenvalue weighted by molar-refractivity contribution is 7.85. The van der Waals surface area contributed by atoms with E-state index in [1.807, 2.05) is 18.2 Å². The number of carbonyl (C=O) groups excluding carboxylic acids is 1. The number of ketones is 1. The number of unbranched alkanes of at least 4 members (excludes halogenated alkanes) is 1. The highest BCUT2D eigenvalue weighted by Crippen LogP contribution is 1.98. The van der Waals surface area contributed by atoms with Gasteiger partial charge < -0.3 is 9.35 Å². The van der Waals surface area contributed by atoms with Crippen molar-refractivity contribution < 1.29 is 22.3 Å². The van der Waals surface area contributed by atoms with Gasteiger partial charge in [0.05, 0.1) is 10.1 Å². The zero-order chi connectivity index (χ0) is 14.7.